The number of likely N-dealkylation sites (N-methyl/N-ethyl adjacent to an activating group) is 1. The van der Waals surface area contributed by atoms with Crippen LogP contribution in [0.1, 0.15) is 29.7 Å². The molecule has 1 heterocycles. The first kappa shape index (κ1) is 14.4. The van der Waals surface area contributed by atoms with Crippen LogP contribution < -0.4 is 0 Å². The highest BCUT2D eigenvalue weighted by Gasteiger charge is 2.09. The second kappa shape index (κ2) is 7.58. The van der Waals surface area contributed by atoms with Gasteiger partial charge in [0.25, 0.3) is 0 Å². The molecule has 0 bridgehead atoms. The number of aliphatic hydroxyl groups excluding tert-OH is 1. The van der Waals surface area contributed by atoms with E-state index >= 15 is 0 Å². The predicted molar refractivity (Wildman–Crippen MR) is 73.3 cm³/mol. The van der Waals surface area contributed by atoms with Gasteiger partial charge in [-0.2, -0.15) is 0 Å². The molecule has 17 heavy (non-hydrogen) atoms. The van der Waals surface area contributed by atoms with Gasteiger partial charge in [0.05, 0.1) is 12.6 Å². The number of nitrogens with zero attached hydrogens (tertiary/aromatic N) is 2. The van der Waals surface area contributed by atoms with Crippen LogP contribution in [0.5, 0.6) is 0 Å². The Hall–Kier alpha value is -0.710. The van der Waals surface area contributed by atoms with E-state index in [0.29, 0.717) is 6.54 Å². The zero-order valence-corrected chi connectivity index (χ0v) is 11.5. The first-order valence-corrected chi connectivity index (χ1v) is 6.88. The van der Waals surface area contributed by atoms with Crippen LogP contribution in [-0.2, 0) is 13.0 Å². The summed E-state index contributed by atoms with van der Waals surface area (Å²) in [7, 11) is 2.02. The maximum absolute atomic E-state index is 9.77. The van der Waals surface area contributed by atoms with Crippen LogP contribution in [0.3, 0.4) is 0 Å². The predicted octanol–water partition coefficient (Wildman–Crippen LogP) is 2.46. The van der Waals surface area contributed by atoms with E-state index in [2.05, 4.69) is 23.4 Å². The minimum atomic E-state index is -0.274. The van der Waals surface area contributed by atoms with Gasteiger partial charge in [-0.25, -0.2) is 4.98 Å². The van der Waals surface area contributed by atoms with Crippen molar-refractivity contribution in [3.05, 3.63) is 28.7 Å². The summed E-state index contributed by atoms with van der Waals surface area (Å²) in [5.74, 6) is 0. The molecule has 0 spiro atoms. The second-order valence-corrected chi connectivity index (χ2v) is 5.49. The van der Waals surface area contributed by atoms with Gasteiger partial charge in [0.1, 0.15) is 5.01 Å². The molecule has 0 amide bonds. The van der Waals surface area contributed by atoms with Gasteiger partial charge in [0.2, 0.25) is 0 Å². The number of thiazole rings is 1. The lowest BCUT2D eigenvalue weighted by Gasteiger charge is -2.18. The number of rotatable bonds is 8. The smallest absolute Gasteiger partial charge is 0.107 e. The summed E-state index contributed by atoms with van der Waals surface area (Å²) >= 11 is 1.76. The molecule has 1 rings (SSSR count). The molecule has 1 aromatic heterocycles. The summed E-state index contributed by atoms with van der Waals surface area (Å²) in [6.45, 7) is 7.30. The largest absolute Gasteiger partial charge is 0.392 e. The van der Waals surface area contributed by atoms with E-state index in [1.54, 1.807) is 11.3 Å². The van der Waals surface area contributed by atoms with Crippen molar-refractivity contribution < 1.29 is 5.11 Å². The summed E-state index contributed by atoms with van der Waals surface area (Å²) < 4.78 is 0. The van der Waals surface area contributed by atoms with Crippen LogP contribution in [0.25, 0.3) is 0 Å². The van der Waals surface area contributed by atoms with Gasteiger partial charge in [0.15, 0.2) is 0 Å². The average molecular weight is 254 g/mol. The first-order chi connectivity index (χ1) is 8.15. The molecule has 0 aliphatic heterocycles. The van der Waals surface area contributed by atoms with Crippen molar-refractivity contribution in [2.75, 3.05) is 13.6 Å². The molecule has 0 saturated heterocycles. The Morgan fingerprint density at radius 2 is 2.41 bits per heavy atom. The van der Waals surface area contributed by atoms with Crippen molar-refractivity contribution in [3.63, 3.8) is 0 Å². The lowest BCUT2D eigenvalue weighted by molar-refractivity contribution is 0.116. The Bertz CT molecular complexity index is 338. The molecule has 0 saturated carbocycles. The highest BCUT2D eigenvalue weighted by Crippen LogP contribution is 2.15. The molecule has 0 aromatic carbocycles. The monoisotopic (exact) mass is 254 g/mol. The molecule has 0 radical (unpaired) electrons. The molecule has 1 aromatic rings. The zero-order chi connectivity index (χ0) is 12.7. The van der Waals surface area contributed by atoms with Gasteiger partial charge >= 0.3 is 0 Å². The minimum absolute atomic E-state index is 0.274. The highest BCUT2D eigenvalue weighted by molar-refractivity contribution is 7.11. The minimum Gasteiger partial charge on any atom is -0.392 e. The molecule has 0 aliphatic carbocycles. The van der Waals surface area contributed by atoms with Gasteiger partial charge in [-0.3, -0.25) is 4.90 Å². The Labute approximate surface area is 108 Å². The van der Waals surface area contributed by atoms with Gasteiger partial charge in [-0.05, 0) is 26.3 Å². The van der Waals surface area contributed by atoms with Gasteiger partial charge in [0, 0.05) is 17.6 Å². The molecule has 1 N–H and O–H groups in total. The van der Waals surface area contributed by atoms with Crippen LogP contribution in [0, 0.1) is 0 Å². The summed E-state index contributed by atoms with van der Waals surface area (Å²) in [6.07, 6.45) is 6.21. The molecular weight excluding hydrogens is 232 g/mol. The van der Waals surface area contributed by atoms with Gasteiger partial charge in [-0.1, -0.05) is 13.0 Å². The number of aliphatic hydroxyl groups is 1. The van der Waals surface area contributed by atoms with Gasteiger partial charge < -0.3 is 5.11 Å². The third kappa shape index (κ3) is 5.44. The number of hydrogen-bond donors (Lipinski definition) is 1. The van der Waals surface area contributed by atoms with Crippen LogP contribution in [0.15, 0.2) is 18.9 Å². The maximum Gasteiger partial charge on any atom is 0.107 e. The number of allylic oxidation sites excluding steroid dienone is 1. The van der Waals surface area contributed by atoms with Crippen molar-refractivity contribution in [1.29, 1.82) is 0 Å². The quantitative estimate of drug-likeness (QED) is 0.724. The van der Waals surface area contributed by atoms with Crippen molar-refractivity contribution in [3.8, 4) is 0 Å². The normalized spacial score (nSPS) is 12.9. The van der Waals surface area contributed by atoms with Crippen molar-refractivity contribution in [1.82, 2.24) is 9.88 Å². The molecule has 0 aliphatic rings. The van der Waals surface area contributed by atoms with E-state index in [1.165, 1.54) is 4.88 Å². The fourth-order valence-electron chi connectivity index (χ4n) is 1.64. The Kier molecular flexibility index (Phi) is 6.40. The van der Waals surface area contributed by atoms with Crippen LogP contribution in [0.2, 0.25) is 0 Å². The van der Waals surface area contributed by atoms with Crippen LogP contribution >= 0.6 is 11.3 Å². The van der Waals surface area contributed by atoms with Gasteiger partial charge in [-0.15, -0.1) is 17.9 Å². The summed E-state index contributed by atoms with van der Waals surface area (Å²) in [6, 6.07) is 0. The fourth-order valence-corrected chi connectivity index (χ4v) is 2.58. The third-order valence-electron chi connectivity index (χ3n) is 2.58. The summed E-state index contributed by atoms with van der Waals surface area (Å²) in [5, 5.41) is 10.9. The van der Waals surface area contributed by atoms with E-state index in [-0.39, 0.29) is 6.10 Å². The Balaban J connectivity index is 2.33. The van der Waals surface area contributed by atoms with E-state index < -0.39 is 0 Å². The lowest BCUT2D eigenvalue weighted by atomic mass is 10.2. The fraction of sp³-hybridized carbons (Fsp3) is 0.615. The number of aryl methyl sites for hydroxylation is 1. The first-order valence-electron chi connectivity index (χ1n) is 6.06. The molecular formula is C13H22N2OS. The average Bonchev–Trinajstić information content (AvgIpc) is 2.73. The van der Waals surface area contributed by atoms with Crippen molar-refractivity contribution >= 4 is 11.3 Å². The lowest BCUT2D eigenvalue weighted by Crippen LogP contribution is -2.28. The molecule has 0 fully saturated rings. The topological polar surface area (TPSA) is 36.4 Å². The SMILES string of the molecule is C=CCCC(O)CN(C)Cc1ncc(CC)s1. The third-order valence-corrected chi connectivity index (χ3v) is 3.71. The number of hydrogen-bond acceptors (Lipinski definition) is 4. The Morgan fingerprint density at radius 1 is 1.65 bits per heavy atom. The van der Waals surface area contributed by atoms with E-state index in [9.17, 15) is 5.11 Å². The zero-order valence-electron chi connectivity index (χ0n) is 10.7. The van der Waals surface area contributed by atoms with E-state index in [1.807, 2.05) is 19.3 Å². The number of aromatic nitrogens is 1. The van der Waals surface area contributed by atoms with Crippen LogP contribution in [-0.4, -0.2) is 34.7 Å². The maximum atomic E-state index is 9.77. The molecule has 96 valence electrons. The van der Waals surface area contributed by atoms with Crippen molar-refractivity contribution in [2.45, 2.75) is 38.8 Å². The molecule has 4 heteroatoms. The molecule has 1 unspecified atom stereocenters. The van der Waals surface area contributed by atoms with E-state index in [0.717, 1.165) is 30.8 Å². The Morgan fingerprint density at radius 3 is 3.00 bits per heavy atom. The van der Waals surface area contributed by atoms with E-state index in [4.69, 9.17) is 0 Å². The second-order valence-electron chi connectivity index (χ2n) is 4.29. The molecule has 1 atom stereocenters. The molecule has 3 nitrogen and oxygen atoms in total. The summed E-state index contributed by atoms with van der Waals surface area (Å²) in [5.41, 5.74) is 0. The summed E-state index contributed by atoms with van der Waals surface area (Å²) in [4.78, 5) is 7.81. The van der Waals surface area contributed by atoms with Crippen LogP contribution in [0.4, 0.5) is 0 Å². The standard InChI is InChI=1S/C13H22N2OS/c1-4-6-7-11(16)9-15(3)10-13-14-8-12(5-2)17-13/h4,8,11,16H,1,5-7,9-10H2,2-3H3. The highest BCUT2D eigenvalue weighted by atomic mass is 32.1. The van der Waals surface area contributed by atoms with Crippen molar-refractivity contribution in [2.24, 2.45) is 0 Å².